The van der Waals surface area contributed by atoms with Crippen molar-refractivity contribution < 1.29 is 13.2 Å². The molecule has 0 aromatic carbocycles. The van der Waals surface area contributed by atoms with Crippen molar-refractivity contribution in [2.24, 2.45) is 58.7 Å². The van der Waals surface area contributed by atoms with Crippen molar-refractivity contribution in [2.45, 2.75) is 106 Å². The van der Waals surface area contributed by atoms with Gasteiger partial charge in [-0.2, -0.15) is 13.2 Å². The van der Waals surface area contributed by atoms with Crippen molar-refractivity contribution in [3.05, 3.63) is 0 Å². The molecule has 0 nitrogen and oxygen atoms in total. The fourth-order valence-electron chi connectivity index (χ4n) is 8.71. The summed E-state index contributed by atoms with van der Waals surface area (Å²) in [6.45, 7) is 13.2. The van der Waals surface area contributed by atoms with E-state index in [0.717, 1.165) is 57.8 Å². The Hall–Kier alpha value is -0.210. The molecule has 0 aromatic heterocycles. The van der Waals surface area contributed by atoms with Crippen LogP contribution >= 0.6 is 0 Å². The van der Waals surface area contributed by atoms with Crippen LogP contribution in [-0.2, 0) is 0 Å². The van der Waals surface area contributed by atoms with Gasteiger partial charge in [0.05, 0.1) is 5.41 Å². The van der Waals surface area contributed by atoms with Gasteiger partial charge < -0.3 is 0 Å². The zero-order chi connectivity index (χ0) is 21.6. The van der Waals surface area contributed by atoms with Crippen molar-refractivity contribution in [3.8, 4) is 0 Å². The lowest BCUT2D eigenvalue weighted by Crippen LogP contribution is -2.58. The van der Waals surface area contributed by atoms with Gasteiger partial charge in [-0.1, -0.05) is 41.5 Å². The summed E-state index contributed by atoms with van der Waals surface area (Å²) >= 11 is 0. The monoisotopic (exact) mass is 414 g/mol. The molecule has 0 saturated heterocycles. The van der Waals surface area contributed by atoms with Crippen LogP contribution in [0.3, 0.4) is 0 Å². The quantitative estimate of drug-likeness (QED) is 0.433. The van der Waals surface area contributed by atoms with Gasteiger partial charge in [0.25, 0.3) is 0 Å². The molecule has 0 aliphatic heterocycles. The second-order valence-electron chi connectivity index (χ2n) is 12.3. The summed E-state index contributed by atoms with van der Waals surface area (Å²) in [4.78, 5) is 0. The molecule has 0 N–H and O–H groups in total. The topological polar surface area (TPSA) is 0 Å². The maximum atomic E-state index is 15.5. The third-order valence-corrected chi connectivity index (χ3v) is 9.05. The predicted octanol–water partition coefficient (Wildman–Crippen LogP) is 8.75. The minimum Gasteiger partial charge on any atom is -0.170 e. The third kappa shape index (κ3) is 4.69. The SMILES string of the molecule is CC1CC(C)CC(C(C2CC(C)CC(C)C2)(C2CC(C)CC(C)C2)C(F)(F)F)C1. The first-order valence-corrected chi connectivity index (χ1v) is 12.5. The Kier molecular flexibility index (Phi) is 7.06. The van der Waals surface area contributed by atoms with Gasteiger partial charge in [0.1, 0.15) is 0 Å². The highest BCUT2D eigenvalue weighted by atomic mass is 19.4. The first-order chi connectivity index (χ1) is 13.4. The summed E-state index contributed by atoms with van der Waals surface area (Å²) in [5.74, 6) is 1.95. The maximum absolute atomic E-state index is 15.5. The van der Waals surface area contributed by atoms with Crippen LogP contribution in [0.1, 0.15) is 99.3 Å². The molecule has 0 radical (unpaired) electrons. The van der Waals surface area contributed by atoms with Gasteiger partial charge in [0.15, 0.2) is 0 Å². The zero-order valence-corrected chi connectivity index (χ0v) is 19.7. The van der Waals surface area contributed by atoms with Crippen LogP contribution in [0.15, 0.2) is 0 Å². The van der Waals surface area contributed by atoms with Gasteiger partial charge in [-0.25, -0.2) is 0 Å². The maximum Gasteiger partial charge on any atom is 0.395 e. The Labute approximate surface area is 177 Å². The molecule has 3 saturated carbocycles. The van der Waals surface area contributed by atoms with E-state index >= 15 is 13.2 Å². The van der Waals surface area contributed by atoms with Gasteiger partial charge in [-0.15, -0.1) is 0 Å². The number of hydrogen-bond donors (Lipinski definition) is 0. The second-order valence-corrected chi connectivity index (χ2v) is 12.3. The summed E-state index contributed by atoms with van der Waals surface area (Å²) in [5.41, 5.74) is -1.47. The van der Waals surface area contributed by atoms with Crippen LogP contribution in [0.25, 0.3) is 0 Å². The van der Waals surface area contributed by atoms with Gasteiger partial charge in [0, 0.05) is 0 Å². The van der Waals surface area contributed by atoms with E-state index in [0.29, 0.717) is 35.5 Å². The average molecular weight is 415 g/mol. The fraction of sp³-hybridized carbons (Fsp3) is 1.00. The minimum atomic E-state index is -4.10. The molecule has 3 aliphatic carbocycles. The third-order valence-electron chi connectivity index (χ3n) is 9.05. The molecule has 3 aliphatic rings. The number of halogens is 3. The highest BCUT2D eigenvalue weighted by molar-refractivity contribution is 5.06. The lowest BCUT2D eigenvalue weighted by Gasteiger charge is -2.58. The van der Waals surface area contributed by atoms with Crippen molar-refractivity contribution in [3.63, 3.8) is 0 Å². The molecule has 6 unspecified atom stereocenters. The summed E-state index contributed by atoms with van der Waals surface area (Å²) in [6, 6.07) is 0. The van der Waals surface area contributed by atoms with Crippen LogP contribution < -0.4 is 0 Å². The Morgan fingerprint density at radius 2 is 0.621 bits per heavy atom. The fourth-order valence-corrected chi connectivity index (χ4v) is 8.71. The van der Waals surface area contributed by atoms with Crippen molar-refractivity contribution >= 4 is 0 Å². The first kappa shape index (κ1) is 23.5. The number of hydrogen-bond acceptors (Lipinski definition) is 0. The average Bonchev–Trinajstić information content (AvgIpc) is 2.51. The minimum absolute atomic E-state index is 0.189. The Balaban J connectivity index is 2.11. The number of alkyl halides is 3. The highest BCUT2D eigenvalue weighted by Gasteiger charge is 2.67. The van der Waals surface area contributed by atoms with Gasteiger partial charge in [-0.3, -0.25) is 0 Å². The van der Waals surface area contributed by atoms with Crippen molar-refractivity contribution in [2.75, 3.05) is 0 Å². The van der Waals surface area contributed by atoms with Gasteiger partial charge in [-0.05, 0) is 111 Å². The summed E-state index contributed by atoms with van der Waals surface area (Å²) in [6.07, 6.45) is 3.87. The van der Waals surface area contributed by atoms with Crippen LogP contribution in [-0.4, -0.2) is 6.18 Å². The smallest absolute Gasteiger partial charge is 0.170 e. The van der Waals surface area contributed by atoms with Crippen molar-refractivity contribution in [1.29, 1.82) is 0 Å². The van der Waals surface area contributed by atoms with E-state index in [9.17, 15) is 0 Å². The Bertz CT molecular complexity index is 444. The molecule has 3 heteroatoms. The largest absolute Gasteiger partial charge is 0.395 e. The molecule has 6 atom stereocenters. The van der Waals surface area contributed by atoms with E-state index in [1.807, 2.05) is 0 Å². The molecule has 170 valence electrons. The molecule has 0 bridgehead atoms. The molecule has 3 fully saturated rings. The molecular weight excluding hydrogens is 369 g/mol. The standard InChI is InChI=1S/C26H45F3/c1-16-7-17(2)11-22(10-16)25(26(27,28)29,23-12-18(3)8-19(4)13-23)24-14-20(5)9-21(6)15-24/h16-24H,7-15H2,1-6H3. The molecule has 0 heterocycles. The van der Waals surface area contributed by atoms with E-state index in [-0.39, 0.29) is 17.8 Å². The number of rotatable bonds is 3. The molecule has 0 spiro atoms. The van der Waals surface area contributed by atoms with Crippen molar-refractivity contribution in [1.82, 2.24) is 0 Å². The van der Waals surface area contributed by atoms with E-state index in [1.54, 1.807) is 0 Å². The highest BCUT2D eigenvalue weighted by Crippen LogP contribution is 2.66. The lowest BCUT2D eigenvalue weighted by molar-refractivity contribution is -0.302. The molecule has 29 heavy (non-hydrogen) atoms. The van der Waals surface area contributed by atoms with E-state index in [1.165, 1.54) is 0 Å². The summed E-state index contributed by atoms with van der Waals surface area (Å²) < 4.78 is 46.5. The van der Waals surface area contributed by atoms with Crippen LogP contribution in [0.2, 0.25) is 0 Å². The van der Waals surface area contributed by atoms with E-state index < -0.39 is 11.6 Å². The van der Waals surface area contributed by atoms with Gasteiger partial charge >= 0.3 is 6.18 Å². The first-order valence-electron chi connectivity index (χ1n) is 12.5. The van der Waals surface area contributed by atoms with Crippen LogP contribution in [0.4, 0.5) is 13.2 Å². The summed E-state index contributed by atoms with van der Waals surface area (Å²) in [7, 11) is 0. The Morgan fingerprint density at radius 1 is 0.414 bits per heavy atom. The molecule has 0 amide bonds. The normalized spacial score (nSPS) is 46.9. The van der Waals surface area contributed by atoms with E-state index in [2.05, 4.69) is 41.5 Å². The van der Waals surface area contributed by atoms with Crippen LogP contribution in [0, 0.1) is 58.7 Å². The summed E-state index contributed by atoms with van der Waals surface area (Å²) in [5, 5.41) is 0. The van der Waals surface area contributed by atoms with Crippen LogP contribution in [0.5, 0.6) is 0 Å². The predicted molar refractivity (Wildman–Crippen MR) is 115 cm³/mol. The molecule has 3 rings (SSSR count). The van der Waals surface area contributed by atoms with E-state index in [4.69, 9.17) is 0 Å². The Morgan fingerprint density at radius 3 is 0.793 bits per heavy atom. The second kappa shape index (κ2) is 8.73. The lowest BCUT2D eigenvalue weighted by atomic mass is 9.47. The molecule has 0 aromatic rings. The zero-order valence-electron chi connectivity index (χ0n) is 19.7. The van der Waals surface area contributed by atoms with Gasteiger partial charge in [0.2, 0.25) is 0 Å². The molecular formula is C26H45F3.